The van der Waals surface area contributed by atoms with Crippen LogP contribution in [0.3, 0.4) is 0 Å². The number of fused-ring (bicyclic) bond motifs is 1. The van der Waals surface area contributed by atoms with Gasteiger partial charge in [0.2, 0.25) is 5.95 Å². The van der Waals surface area contributed by atoms with Crippen LogP contribution in [0.1, 0.15) is 44.3 Å². The molecule has 1 fully saturated rings. The van der Waals surface area contributed by atoms with E-state index in [4.69, 9.17) is 4.42 Å². The molecule has 1 aliphatic rings. The highest BCUT2D eigenvalue weighted by atomic mass is 32.1. The molecule has 0 saturated carbocycles. The van der Waals surface area contributed by atoms with Crippen LogP contribution in [0, 0.1) is 12.7 Å². The molecule has 1 atom stereocenters. The number of rotatable bonds is 6. The standard InChI is InChI=1S/C23H21FN6O3S/c1-12-5-18-20(34-12)19(29-23(28-18)26-13(2)15-6-16(24)8-25-7-15)22(32)30-9-17(10-30)27-21(31)14-3-4-33-11-14/h3-8,11,13,17H,9-10H2,1-2H3,(H,27,31)(H,26,28,29). The Hall–Kier alpha value is -3.86. The van der Waals surface area contributed by atoms with Crippen LogP contribution in [-0.4, -0.2) is 50.8 Å². The summed E-state index contributed by atoms with van der Waals surface area (Å²) in [6.45, 7) is 4.55. The maximum absolute atomic E-state index is 13.6. The average molecular weight is 481 g/mol. The van der Waals surface area contributed by atoms with E-state index in [0.29, 0.717) is 40.1 Å². The maximum atomic E-state index is 13.6. The number of anilines is 1. The third kappa shape index (κ3) is 4.34. The molecule has 0 spiro atoms. The molecule has 174 valence electrons. The van der Waals surface area contributed by atoms with Crippen LogP contribution in [0.5, 0.6) is 0 Å². The Morgan fingerprint density at radius 3 is 2.82 bits per heavy atom. The summed E-state index contributed by atoms with van der Waals surface area (Å²) in [7, 11) is 0. The van der Waals surface area contributed by atoms with Gasteiger partial charge in [-0.25, -0.2) is 14.4 Å². The van der Waals surface area contributed by atoms with Gasteiger partial charge >= 0.3 is 0 Å². The molecule has 9 nitrogen and oxygen atoms in total. The van der Waals surface area contributed by atoms with Crippen molar-refractivity contribution in [3.05, 3.63) is 70.6 Å². The van der Waals surface area contributed by atoms with Crippen LogP contribution in [0.4, 0.5) is 10.3 Å². The second-order valence-corrected chi connectivity index (χ2v) is 9.42. The molecule has 0 radical (unpaired) electrons. The first-order valence-corrected chi connectivity index (χ1v) is 11.5. The monoisotopic (exact) mass is 480 g/mol. The first-order valence-electron chi connectivity index (χ1n) is 10.6. The Kier molecular flexibility index (Phi) is 5.70. The number of aromatic nitrogens is 3. The summed E-state index contributed by atoms with van der Waals surface area (Å²) in [6.07, 6.45) is 5.52. The predicted octanol–water partition coefficient (Wildman–Crippen LogP) is 3.55. The van der Waals surface area contributed by atoms with Gasteiger partial charge in [0.25, 0.3) is 11.8 Å². The molecule has 0 bridgehead atoms. The third-order valence-corrected chi connectivity index (χ3v) is 6.60. The van der Waals surface area contributed by atoms with E-state index < -0.39 is 5.82 Å². The SMILES string of the molecule is Cc1cc2nc(NC(C)c3cncc(F)c3)nc(C(=O)N3CC(NC(=O)c4ccoc4)C3)c2s1. The van der Waals surface area contributed by atoms with Crippen molar-refractivity contribution in [3.63, 3.8) is 0 Å². The lowest BCUT2D eigenvalue weighted by atomic mass is 10.1. The lowest BCUT2D eigenvalue weighted by Crippen LogP contribution is -2.61. The Morgan fingerprint density at radius 1 is 1.26 bits per heavy atom. The van der Waals surface area contributed by atoms with E-state index in [1.54, 1.807) is 17.2 Å². The molecule has 0 aliphatic carbocycles. The number of nitrogens with zero attached hydrogens (tertiary/aromatic N) is 4. The van der Waals surface area contributed by atoms with E-state index in [1.165, 1.54) is 29.9 Å². The number of furan rings is 1. The largest absolute Gasteiger partial charge is 0.472 e. The van der Waals surface area contributed by atoms with Gasteiger partial charge in [-0.1, -0.05) is 0 Å². The van der Waals surface area contributed by atoms with Crippen molar-refractivity contribution in [3.8, 4) is 0 Å². The van der Waals surface area contributed by atoms with Crippen molar-refractivity contribution in [2.24, 2.45) is 0 Å². The fourth-order valence-electron chi connectivity index (χ4n) is 3.75. The highest BCUT2D eigenvalue weighted by molar-refractivity contribution is 7.19. The molecule has 34 heavy (non-hydrogen) atoms. The molecule has 1 unspecified atom stereocenters. The quantitative estimate of drug-likeness (QED) is 0.434. The number of pyridine rings is 1. The van der Waals surface area contributed by atoms with Crippen LogP contribution in [0.15, 0.2) is 47.5 Å². The van der Waals surface area contributed by atoms with Gasteiger partial charge in [0, 0.05) is 24.2 Å². The molecule has 1 saturated heterocycles. The number of carbonyl (C=O) groups excluding carboxylic acids is 2. The van der Waals surface area contributed by atoms with E-state index in [9.17, 15) is 14.0 Å². The molecule has 5 heterocycles. The molecule has 11 heteroatoms. The van der Waals surface area contributed by atoms with Crippen molar-refractivity contribution < 1.29 is 18.4 Å². The summed E-state index contributed by atoms with van der Waals surface area (Å²) in [5, 5.41) is 6.03. The summed E-state index contributed by atoms with van der Waals surface area (Å²) in [6, 6.07) is 4.41. The highest BCUT2D eigenvalue weighted by Gasteiger charge is 2.34. The summed E-state index contributed by atoms with van der Waals surface area (Å²) in [4.78, 5) is 41.1. The fraction of sp³-hybridized carbons (Fsp3) is 0.261. The fourth-order valence-corrected chi connectivity index (χ4v) is 4.68. The molecular formula is C23H21FN6O3S. The Labute approximate surface area is 198 Å². The van der Waals surface area contributed by atoms with Gasteiger partial charge in [-0.2, -0.15) is 0 Å². The molecular weight excluding hydrogens is 459 g/mol. The molecule has 1 aliphatic heterocycles. The zero-order valence-electron chi connectivity index (χ0n) is 18.4. The van der Waals surface area contributed by atoms with E-state index in [2.05, 4.69) is 25.6 Å². The van der Waals surface area contributed by atoms with Crippen LogP contribution in [0.2, 0.25) is 0 Å². The second kappa shape index (κ2) is 8.82. The minimum atomic E-state index is -0.431. The van der Waals surface area contributed by atoms with Crippen molar-refractivity contribution in [2.75, 3.05) is 18.4 Å². The lowest BCUT2D eigenvalue weighted by molar-refractivity contribution is 0.0539. The smallest absolute Gasteiger partial charge is 0.274 e. The molecule has 2 amide bonds. The zero-order chi connectivity index (χ0) is 23.8. The first-order chi connectivity index (χ1) is 16.4. The average Bonchev–Trinajstić information content (AvgIpc) is 3.44. The number of hydrogen-bond acceptors (Lipinski definition) is 8. The Bertz CT molecular complexity index is 1370. The van der Waals surface area contributed by atoms with Gasteiger partial charge in [0.1, 0.15) is 12.1 Å². The van der Waals surface area contributed by atoms with Gasteiger partial charge in [-0.3, -0.25) is 14.6 Å². The van der Waals surface area contributed by atoms with Gasteiger partial charge in [-0.05, 0) is 37.6 Å². The van der Waals surface area contributed by atoms with E-state index in [0.717, 1.165) is 11.1 Å². The normalized spacial score (nSPS) is 14.6. The topological polar surface area (TPSA) is 113 Å². The van der Waals surface area contributed by atoms with Crippen LogP contribution >= 0.6 is 11.3 Å². The van der Waals surface area contributed by atoms with E-state index >= 15 is 0 Å². The van der Waals surface area contributed by atoms with Gasteiger partial charge in [0.05, 0.1) is 40.3 Å². The number of amides is 2. The second-order valence-electron chi connectivity index (χ2n) is 8.16. The van der Waals surface area contributed by atoms with E-state index in [1.807, 2.05) is 19.9 Å². The van der Waals surface area contributed by atoms with Crippen LogP contribution < -0.4 is 10.6 Å². The molecule has 4 aromatic heterocycles. The van der Waals surface area contributed by atoms with Gasteiger partial charge in [0.15, 0.2) is 5.69 Å². The number of aryl methyl sites for hydroxylation is 1. The minimum Gasteiger partial charge on any atom is -0.472 e. The van der Waals surface area contributed by atoms with Crippen molar-refractivity contribution in [1.82, 2.24) is 25.2 Å². The molecule has 0 aromatic carbocycles. The zero-order valence-corrected chi connectivity index (χ0v) is 19.2. The summed E-state index contributed by atoms with van der Waals surface area (Å²) in [5.74, 6) is -0.627. The van der Waals surface area contributed by atoms with E-state index in [-0.39, 0.29) is 29.8 Å². The number of thiophene rings is 1. The van der Waals surface area contributed by atoms with Gasteiger partial charge in [-0.15, -0.1) is 11.3 Å². The predicted molar refractivity (Wildman–Crippen MR) is 124 cm³/mol. The number of likely N-dealkylation sites (tertiary alicyclic amines) is 1. The van der Waals surface area contributed by atoms with Crippen molar-refractivity contribution >= 4 is 39.3 Å². The van der Waals surface area contributed by atoms with Crippen LogP contribution in [-0.2, 0) is 0 Å². The van der Waals surface area contributed by atoms with Crippen molar-refractivity contribution in [1.29, 1.82) is 0 Å². The molecule has 4 aromatic rings. The van der Waals surface area contributed by atoms with Crippen LogP contribution in [0.25, 0.3) is 10.2 Å². The Balaban J connectivity index is 1.33. The molecule has 5 rings (SSSR count). The number of halogens is 1. The number of carbonyl (C=O) groups is 2. The number of nitrogens with one attached hydrogen (secondary N) is 2. The summed E-state index contributed by atoms with van der Waals surface area (Å²) in [5.41, 5.74) is 2.04. The molecule has 2 N–H and O–H groups in total. The minimum absolute atomic E-state index is 0.146. The summed E-state index contributed by atoms with van der Waals surface area (Å²) >= 11 is 1.45. The van der Waals surface area contributed by atoms with Crippen molar-refractivity contribution in [2.45, 2.75) is 25.9 Å². The van der Waals surface area contributed by atoms with Gasteiger partial charge < -0.3 is 20.0 Å². The third-order valence-electron chi connectivity index (χ3n) is 5.56. The Morgan fingerprint density at radius 2 is 2.09 bits per heavy atom. The highest BCUT2D eigenvalue weighted by Crippen LogP contribution is 2.30. The lowest BCUT2D eigenvalue weighted by Gasteiger charge is -2.39. The maximum Gasteiger partial charge on any atom is 0.274 e. The summed E-state index contributed by atoms with van der Waals surface area (Å²) < 4.78 is 19.2. The first kappa shape index (κ1) is 22.0. The number of hydrogen-bond donors (Lipinski definition) is 2.